The highest BCUT2D eigenvalue weighted by atomic mass is 16.3. The molecule has 1 aliphatic carbocycles. The minimum absolute atomic E-state index is 0.0122. The van der Waals surface area contributed by atoms with Crippen molar-refractivity contribution in [3.63, 3.8) is 0 Å². The summed E-state index contributed by atoms with van der Waals surface area (Å²) in [5.41, 5.74) is 1.73. The van der Waals surface area contributed by atoms with E-state index in [0.717, 1.165) is 11.1 Å². The SMILES string of the molecule is O=C(c1ccc(-c2ccccc2)cc1)N1CCN(C(=O)C2(O)CC2)CC1. The maximum Gasteiger partial charge on any atom is 0.254 e. The van der Waals surface area contributed by atoms with E-state index in [1.54, 1.807) is 9.80 Å². The molecule has 134 valence electrons. The van der Waals surface area contributed by atoms with Crippen LogP contribution in [0, 0.1) is 0 Å². The molecule has 5 nitrogen and oxygen atoms in total. The van der Waals surface area contributed by atoms with Crippen molar-refractivity contribution >= 4 is 11.8 Å². The lowest BCUT2D eigenvalue weighted by Crippen LogP contribution is -2.53. The molecule has 2 aliphatic rings. The second-order valence-corrected chi connectivity index (χ2v) is 7.06. The van der Waals surface area contributed by atoms with Crippen molar-refractivity contribution in [2.24, 2.45) is 0 Å². The van der Waals surface area contributed by atoms with Crippen LogP contribution in [0.2, 0.25) is 0 Å². The van der Waals surface area contributed by atoms with E-state index in [-0.39, 0.29) is 11.8 Å². The van der Waals surface area contributed by atoms with Gasteiger partial charge < -0.3 is 14.9 Å². The molecule has 1 saturated heterocycles. The van der Waals surface area contributed by atoms with Crippen molar-refractivity contribution in [3.05, 3.63) is 60.2 Å². The van der Waals surface area contributed by atoms with Gasteiger partial charge in [-0.25, -0.2) is 0 Å². The zero-order chi connectivity index (χ0) is 18.1. The quantitative estimate of drug-likeness (QED) is 0.923. The summed E-state index contributed by atoms with van der Waals surface area (Å²) >= 11 is 0. The van der Waals surface area contributed by atoms with E-state index in [1.165, 1.54) is 0 Å². The van der Waals surface area contributed by atoms with E-state index in [9.17, 15) is 14.7 Å². The molecule has 26 heavy (non-hydrogen) atoms. The Kier molecular flexibility index (Phi) is 4.24. The number of rotatable bonds is 3. The molecule has 1 saturated carbocycles. The van der Waals surface area contributed by atoms with Crippen molar-refractivity contribution in [2.45, 2.75) is 18.4 Å². The summed E-state index contributed by atoms with van der Waals surface area (Å²) in [6.45, 7) is 1.96. The van der Waals surface area contributed by atoms with E-state index in [0.29, 0.717) is 44.6 Å². The van der Waals surface area contributed by atoms with Crippen molar-refractivity contribution < 1.29 is 14.7 Å². The molecule has 0 unspecified atom stereocenters. The Balaban J connectivity index is 1.38. The van der Waals surface area contributed by atoms with Gasteiger partial charge in [0.1, 0.15) is 5.60 Å². The van der Waals surface area contributed by atoms with E-state index < -0.39 is 5.60 Å². The monoisotopic (exact) mass is 350 g/mol. The van der Waals surface area contributed by atoms with Gasteiger partial charge in [-0.3, -0.25) is 9.59 Å². The third-order valence-electron chi connectivity index (χ3n) is 5.21. The molecule has 2 aromatic carbocycles. The molecule has 5 heteroatoms. The number of amides is 2. The van der Waals surface area contributed by atoms with Gasteiger partial charge in [-0.2, -0.15) is 0 Å². The predicted octanol–water partition coefficient (Wildman–Crippen LogP) is 2.16. The van der Waals surface area contributed by atoms with E-state index in [4.69, 9.17) is 0 Å². The molecule has 0 atom stereocenters. The molecular weight excluding hydrogens is 328 g/mol. The van der Waals surface area contributed by atoms with Crippen molar-refractivity contribution in [1.29, 1.82) is 0 Å². The first-order valence-electron chi connectivity index (χ1n) is 9.03. The molecular formula is C21H22N2O3. The highest BCUT2D eigenvalue weighted by Gasteiger charge is 2.50. The van der Waals surface area contributed by atoms with Crippen molar-refractivity contribution in [3.8, 4) is 11.1 Å². The van der Waals surface area contributed by atoms with Crippen LogP contribution in [0.15, 0.2) is 54.6 Å². The second kappa shape index (κ2) is 6.57. The zero-order valence-electron chi connectivity index (χ0n) is 14.6. The third-order valence-corrected chi connectivity index (χ3v) is 5.21. The van der Waals surface area contributed by atoms with Crippen LogP contribution in [-0.2, 0) is 4.79 Å². The maximum absolute atomic E-state index is 12.7. The van der Waals surface area contributed by atoms with Crippen LogP contribution in [0.4, 0.5) is 0 Å². The number of carbonyl (C=O) groups excluding carboxylic acids is 2. The van der Waals surface area contributed by atoms with Crippen molar-refractivity contribution in [1.82, 2.24) is 9.80 Å². The fourth-order valence-electron chi connectivity index (χ4n) is 3.36. The summed E-state index contributed by atoms with van der Waals surface area (Å²) in [6.07, 6.45) is 1.11. The Morgan fingerprint density at radius 1 is 0.769 bits per heavy atom. The highest BCUT2D eigenvalue weighted by Crippen LogP contribution is 2.37. The van der Waals surface area contributed by atoms with Crippen molar-refractivity contribution in [2.75, 3.05) is 26.2 Å². The van der Waals surface area contributed by atoms with E-state index in [1.807, 2.05) is 54.6 Å². The first-order chi connectivity index (χ1) is 12.6. The zero-order valence-corrected chi connectivity index (χ0v) is 14.6. The Morgan fingerprint density at radius 3 is 1.88 bits per heavy atom. The lowest BCUT2D eigenvalue weighted by molar-refractivity contribution is -0.143. The number of carbonyl (C=O) groups is 2. The molecule has 0 bridgehead atoms. The number of benzene rings is 2. The van der Waals surface area contributed by atoms with Gasteiger partial charge >= 0.3 is 0 Å². The smallest absolute Gasteiger partial charge is 0.254 e. The van der Waals surface area contributed by atoms with Crippen LogP contribution < -0.4 is 0 Å². The Morgan fingerprint density at radius 2 is 1.31 bits per heavy atom. The van der Waals surface area contributed by atoms with Gasteiger partial charge in [0.15, 0.2) is 0 Å². The third kappa shape index (κ3) is 3.22. The standard InChI is InChI=1S/C21H22N2O3/c24-19(18-8-6-17(7-9-18)16-4-2-1-3-5-16)22-12-14-23(15-13-22)20(25)21(26)10-11-21/h1-9,26H,10-15H2. The normalized spacial score (nSPS) is 18.5. The topological polar surface area (TPSA) is 60.9 Å². The number of nitrogens with zero attached hydrogens (tertiary/aromatic N) is 2. The number of hydrogen-bond acceptors (Lipinski definition) is 3. The molecule has 1 N–H and O–H groups in total. The lowest BCUT2D eigenvalue weighted by atomic mass is 10.0. The Bertz CT molecular complexity index is 805. The number of hydrogen-bond donors (Lipinski definition) is 1. The van der Waals surface area contributed by atoms with Crippen LogP contribution in [-0.4, -0.2) is 58.5 Å². The molecule has 2 amide bonds. The summed E-state index contributed by atoms with van der Waals surface area (Å²) in [4.78, 5) is 28.3. The molecule has 4 rings (SSSR count). The summed E-state index contributed by atoms with van der Waals surface area (Å²) in [7, 11) is 0. The molecule has 0 radical (unpaired) electrons. The van der Waals surface area contributed by atoms with Gasteiger partial charge in [-0.15, -0.1) is 0 Å². The molecule has 2 fully saturated rings. The maximum atomic E-state index is 12.7. The summed E-state index contributed by atoms with van der Waals surface area (Å²) < 4.78 is 0. The van der Waals surface area contributed by atoms with Gasteiger partial charge in [-0.1, -0.05) is 42.5 Å². The van der Waals surface area contributed by atoms with Crippen LogP contribution >= 0.6 is 0 Å². The van der Waals surface area contributed by atoms with Gasteiger partial charge in [-0.05, 0) is 36.1 Å². The van der Waals surface area contributed by atoms with Crippen LogP contribution in [0.1, 0.15) is 23.2 Å². The van der Waals surface area contributed by atoms with Gasteiger partial charge in [0.05, 0.1) is 0 Å². The van der Waals surface area contributed by atoms with Gasteiger partial charge in [0.2, 0.25) is 0 Å². The average molecular weight is 350 g/mol. The number of piperazine rings is 1. The number of aliphatic hydroxyl groups is 1. The van der Waals surface area contributed by atoms with Crippen LogP contribution in [0.3, 0.4) is 0 Å². The first-order valence-corrected chi connectivity index (χ1v) is 9.03. The fourth-order valence-corrected chi connectivity index (χ4v) is 3.36. The average Bonchev–Trinajstić information content (AvgIpc) is 3.46. The fraction of sp³-hybridized carbons (Fsp3) is 0.333. The Hall–Kier alpha value is -2.66. The molecule has 1 heterocycles. The summed E-state index contributed by atoms with van der Waals surface area (Å²) in [5.74, 6) is -0.196. The summed E-state index contributed by atoms with van der Waals surface area (Å²) in [6, 6.07) is 17.7. The lowest BCUT2D eigenvalue weighted by Gasteiger charge is -2.35. The highest BCUT2D eigenvalue weighted by molar-refractivity contribution is 5.95. The summed E-state index contributed by atoms with van der Waals surface area (Å²) in [5, 5.41) is 9.95. The second-order valence-electron chi connectivity index (χ2n) is 7.06. The van der Waals surface area contributed by atoms with E-state index in [2.05, 4.69) is 0 Å². The van der Waals surface area contributed by atoms with E-state index >= 15 is 0 Å². The van der Waals surface area contributed by atoms with Crippen LogP contribution in [0.25, 0.3) is 11.1 Å². The predicted molar refractivity (Wildman–Crippen MR) is 98.5 cm³/mol. The van der Waals surface area contributed by atoms with Gasteiger partial charge in [0, 0.05) is 31.7 Å². The Labute approximate surface area is 152 Å². The van der Waals surface area contributed by atoms with Gasteiger partial charge in [0.25, 0.3) is 11.8 Å². The first kappa shape index (κ1) is 16.8. The molecule has 2 aromatic rings. The van der Waals surface area contributed by atoms with Crippen LogP contribution in [0.5, 0.6) is 0 Å². The molecule has 1 aliphatic heterocycles. The minimum atomic E-state index is -1.13. The minimum Gasteiger partial charge on any atom is -0.380 e. The molecule has 0 spiro atoms. The molecule has 0 aromatic heterocycles. The largest absolute Gasteiger partial charge is 0.380 e.